The van der Waals surface area contributed by atoms with E-state index in [1.807, 2.05) is 41.6 Å². The van der Waals surface area contributed by atoms with E-state index in [4.69, 9.17) is 4.74 Å². The van der Waals surface area contributed by atoms with Crippen LogP contribution in [0.15, 0.2) is 73.3 Å². The van der Waals surface area contributed by atoms with Gasteiger partial charge in [-0.05, 0) is 68.0 Å². The predicted molar refractivity (Wildman–Crippen MR) is 121 cm³/mol. The first kappa shape index (κ1) is 20.2. The Kier molecular flexibility index (Phi) is 5.79. The number of amides is 1. The first-order valence-corrected chi connectivity index (χ1v) is 11.0. The van der Waals surface area contributed by atoms with E-state index in [-0.39, 0.29) is 11.9 Å². The second-order valence-corrected chi connectivity index (χ2v) is 8.13. The number of aromatic nitrogens is 4. The zero-order valence-electron chi connectivity index (χ0n) is 17.8. The highest BCUT2D eigenvalue weighted by atomic mass is 16.5. The zero-order valence-corrected chi connectivity index (χ0v) is 17.8. The monoisotopic (exact) mass is 427 g/mol. The number of rotatable bonds is 5. The number of fused-ring (bicyclic) bond motifs is 1. The van der Waals surface area contributed by atoms with E-state index in [1.165, 1.54) is 5.69 Å². The van der Waals surface area contributed by atoms with Crippen LogP contribution in [0.2, 0.25) is 0 Å². The molecule has 5 rings (SSSR count). The minimum atomic E-state index is 0.0433. The van der Waals surface area contributed by atoms with Crippen molar-refractivity contribution in [1.29, 1.82) is 0 Å². The number of hydrogen-bond donors (Lipinski definition) is 0. The number of nitrogens with zero attached hydrogens (tertiary/aromatic N) is 5. The number of likely N-dealkylation sites (tertiary alicyclic amines) is 1. The molecule has 162 valence electrons. The molecule has 0 radical (unpaired) electrons. The van der Waals surface area contributed by atoms with Crippen molar-refractivity contribution in [3.05, 3.63) is 84.6 Å². The van der Waals surface area contributed by atoms with Gasteiger partial charge in [-0.2, -0.15) is 0 Å². The van der Waals surface area contributed by atoms with Crippen molar-refractivity contribution in [2.24, 2.45) is 5.92 Å². The van der Waals surface area contributed by atoms with E-state index < -0.39 is 0 Å². The number of benzene rings is 1. The molecule has 1 aromatic carbocycles. The van der Waals surface area contributed by atoms with Gasteiger partial charge in [0.15, 0.2) is 0 Å². The van der Waals surface area contributed by atoms with Gasteiger partial charge in [-0.3, -0.25) is 4.79 Å². The van der Waals surface area contributed by atoms with Crippen LogP contribution in [0.5, 0.6) is 11.8 Å². The van der Waals surface area contributed by atoms with Gasteiger partial charge in [-0.1, -0.05) is 12.1 Å². The lowest BCUT2D eigenvalue weighted by Crippen LogP contribution is -2.32. The van der Waals surface area contributed by atoms with Crippen LogP contribution in [-0.2, 0) is 6.42 Å². The van der Waals surface area contributed by atoms with Crippen molar-refractivity contribution in [3.8, 4) is 11.8 Å². The summed E-state index contributed by atoms with van der Waals surface area (Å²) in [5, 5.41) is 0. The van der Waals surface area contributed by atoms with Crippen LogP contribution in [0.25, 0.3) is 5.65 Å². The number of hydrogen-bond acceptors (Lipinski definition) is 5. The normalized spacial score (nSPS) is 16.6. The van der Waals surface area contributed by atoms with Gasteiger partial charge in [0, 0.05) is 49.1 Å². The lowest BCUT2D eigenvalue weighted by molar-refractivity contribution is 0.0759. The quantitative estimate of drug-likeness (QED) is 0.472. The van der Waals surface area contributed by atoms with Crippen molar-refractivity contribution >= 4 is 11.6 Å². The molecule has 3 aromatic heterocycles. The standard InChI is InChI=1S/C25H25N5O2/c31-24(20-6-1-8-22(18-20)32-25-27-11-4-12-28-25)29-14-3-5-19(10-15-29)17-21-7-2-9-23-26-13-16-30(21)23/h1-2,4,6-9,11-13,16,18-19H,3,5,10,14-15,17H2. The third kappa shape index (κ3) is 4.46. The number of carbonyl (C=O) groups excluding carboxylic acids is 1. The SMILES string of the molecule is O=C(c1cccc(Oc2ncccn2)c1)N1CCCC(Cc2cccc3nccn23)CC1. The largest absolute Gasteiger partial charge is 0.424 e. The van der Waals surface area contributed by atoms with Crippen molar-refractivity contribution in [1.82, 2.24) is 24.3 Å². The van der Waals surface area contributed by atoms with Crippen molar-refractivity contribution in [2.75, 3.05) is 13.1 Å². The molecule has 1 atom stereocenters. The molecular formula is C25H25N5O2. The number of imidazole rings is 1. The summed E-state index contributed by atoms with van der Waals surface area (Å²) in [4.78, 5) is 27.7. The lowest BCUT2D eigenvalue weighted by Gasteiger charge is -2.21. The highest BCUT2D eigenvalue weighted by Crippen LogP contribution is 2.25. The van der Waals surface area contributed by atoms with Crippen LogP contribution < -0.4 is 4.74 Å². The number of ether oxygens (including phenoxy) is 1. The van der Waals surface area contributed by atoms with Gasteiger partial charge in [0.1, 0.15) is 11.4 Å². The molecule has 0 bridgehead atoms. The smallest absolute Gasteiger partial charge is 0.321 e. The van der Waals surface area contributed by atoms with E-state index in [9.17, 15) is 4.79 Å². The fraction of sp³-hybridized carbons (Fsp3) is 0.280. The highest BCUT2D eigenvalue weighted by molar-refractivity contribution is 5.94. The van der Waals surface area contributed by atoms with Gasteiger partial charge in [0.25, 0.3) is 5.91 Å². The van der Waals surface area contributed by atoms with Crippen LogP contribution in [0, 0.1) is 5.92 Å². The van der Waals surface area contributed by atoms with Gasteiger partial charge >= 0.3 is 6.01 Å². The molecule has 7 heteroatoms. The molecule has 0 N–H and O–H groups in total. The molecule has 0 spiro atoms. The maximum atomic E-state index is 13.2. The predicted octanol–water partition coefficient (Wildman–Crippen LogP) is 4.40. The van der Waals surface area contributed by atoms with Gasteiger partial charge in [-0.25, -0.2) is 15.0 Å². The molecule has 1 amide bonds. The Morgan fingerprint density at radius 3 is 2.75 bits per heavy atom. The van der Waals surface area contributed by atoms with E-state index in [1.54, 1.807) is 24.5 Å². The topological polar surface area (TPSA) is 72.6 Å². The van der Waals surface area contributed by atoms with E-state index in [0.717, 1.165) is 44.4 Å². The van der Waals surface area contributed by atoms with Gasteiger partial charge < -0.3 is 14.0 Å². The van der Waals surface area contributed by atoms with Crippen LogP contribution >= 0.6 is 0 Å². The molecular weight excluding hydrogens is 402 g/mol. The Hall–Kier alpha value is -3.74. The Morgan fingerprint density at radius 1 is 0.969 bits per heavy atom. The summed E-state index contributed by atoms with van der Waals surface area (Å²) in [7, 11) is 0. The third-order valence-corrected chi connectivity index (χ3v) is 5.98. The number of carbonyl (C=O) groups is 1. The van der Waals surface area contributed by atoms with E-state index in [2.05, 4.69) is 31.5 Å². The molecule has 0 saturated carbocycles. The summed E-state index contributed by atoms with van der Waals surface area (Å²) in [6, 6.07) is 15.5. The molecule has 1 unspecified atom stereocenters. The fourth-order valence-electron chi connectivity index (χ4n) is 4.36. The molecule has 4 aromatic rings. The molecule has 1 aliphatic rings. The first-order valence-electron chi connectivity index (χ1n) is 11.0. The van der Waals surface area contributed by atoms with E-state index >= 15 is 0 Å². The Morgan fingerprint density at radius 2 is 1.84 bits per heavy atom. The molecule has 4 heterocycles. The zero-order chi connectivity index (χ0) is 21.8. The van der Waals surface area contributed by atoms with E-state index in [0.29, 0.717) is 17.2 Å². The van der Waals surface area contributed by atoms with Gasteiger partial charge in [0.2, 0.25) is 0 Å². The Balaban J connectivity index is 1.24. The number of pyridine rings is 1. The second kappa shape index (κ2) is 9.18. The molecule has 32 heavy (non-hydrogen) atoms. The average Bonchev–Trinajstić information content (AvgIpc) is 3.20. The van der Waals surface area contributed by atoms with Crippen LogP contribution in [0.3, 0.4) is 0 Å². The Bertz CT molecular complexity index is 1210. The first-order chi connectivity index (χ1) is 15.8. The van der Waals surface area contributed by atoms with Crippen LogP contribution in [0.1, 0.15) is 35.3 Å². The highest BCUT2D eigenvalue weighted by Gasteiger charge is 2.22. The van der Waals surface area contributed by atoms with Gasteiger partial charge in [-0.15, -0.1) is 0 Å². The summed E-state index contributed by atoms with van der Waals surface area (Å²) in [6.07, 6.45) is 11.2. The molecule has 1 fully saturated rings. The summed E-state index contributed by atoms with van der Waals surface area (Å²) in [5.74, 6) is 1.15. The third-order valence-electron chi connectivity index (χ3n) is 5.98. The van der Waals surface area contributed by atoms with Crippen LogP contribution in [0.4, 0.5) is 0 Å². The average molecular weight is 428 g/mol. The molecule has 1 aliphatic heterocycles. The Labute approximate surface area is 186 Å². The summed E-state index contributed by atoms with van der Waals surface area (Å²) >= 11 is 0. The fourth-order valence-corrected chi connectivity index (χ4v) is 4.36. The summed E-state index contributed by atoms with van der Waals surface area (Å²) in [5.41, 5.74) is 2.88. The maximum absolute atomic E-state index is 13.2. The maximum Gasteiger partial charge on any atom is 0.321 e. The molecule has 7 nitrogen and oxygen atoms in total. The van der Waals surface area contributed by atoms with Crippen molar-refractivity contribution in [3.63, 3.8) is 0 Å². The van der Waals surface area contributed by atoms with Crippen molar-refractivity contribution in [2.45, 2.75) is 25.7 Å². The second-order valence-electron chi connectivity index (χ2n) is 8.13. The van der Waals surface area contributed by atoms with Crippen LogP contribution in [-0.4, -0.2) is 43.2 Å². The van der Waals surface area contributed by atoms with Crippen molar-refractivity contribution < 1.29 is 9.53 Å². The lowest BCUT2D eigenvalue weighted by atomic mass is 9.95. The summed E-state index contributed by atoms with van der Waals surface area (Å²) in [6.45, 7) is 1.54. The molecule has 0 aliphatic carbocycles. The minimum absolute atomic E-state index is 0.0433. The minimum Gasteiger partial charge on any atom is -0.424 e. The summed E-state index contributed by atoms with van der Waals surface area (Å²) < 4.78 is 7.86. The molecule has 1 saturated heterocycles. The van der Waals surface area contributed by atoms with Gasteiger partial charge in [0.05, 0.1) is 0 Å².